The number of nitrogens with zero attached hydrogens (tertiary/aromatic N) is 1. The lowest BCUT2D eigenvalue weighted by atomic mass is 9.94. The molecule has 1 aromatic carbocycles. The molecule has 0 radical (unpaired) electrons. The average Bonchev–Trinajstić information content (AvgIpc) is 2.27. The van der Waals surface area contributed by atoms with Crippen LogP contribution in [0.3, 0.4) is 0 Å². The summed E-state index contributed by atoms with van der Waals surface area (Å²) in [4.78, 5) is 4.20. The second-order valence-electron chi connectivity index (χ2n) is 4.98. The summed E-state index contributed by atoms with van der Waals surface area (Å²) in [5, 5.41) is 9.59. The number of hydrogen-bond acceptors (Lipinski definition) is 2. The minimum atomic E-state index is -4.68. The summed E-state index contributed by atoms with van der Waals surface area (Å²) in [6.07, 6.45) is -5.24. The lowest BCUT2D eigenvalue weighted by Gasteiger charge is -2.27. The standard InChI is InChI=1S/C14H18F3NO/c1-10(2)18-12(11-7-5-4-6-8-11)9-13(3,19)14(15,16)17/h4-8,10,19H,9H2,1-3H3. The Bertz CT molecular complexity index is 436. The van der Waals surface area contributed by atoms with E-state index in [0.29, 0.717) is 5.56 Å². The van der Waals surface area contributed by atoms with Crippen LogP contribution in [0.15, 0.2) is 35.3 Å². The van der Waals surface area contributed by atoms with Crippen molar-refractivity contribution in [2.24, 2.45) is 4.99 Å². The zero-order valence-corrected chi connectivity index (χ0v) is 11.2. The Morgan fingerprint density at radius 3 is 2.16 bits per heavy atom. The molecule has 0 aliphatic rings. The number of aliphatic hydroxyl groups is 1. The summed E-state index contributed by atoms with van der Waals surface area (Å²) in [6, 6.07) is 8.47. The van der Waals surface area contributed by atoms with E-state index in [-0.39, 0.29) is 11.8 Å². The molecule has 0 saturated heterocycles. The number of aliphatic imine (C=N–C) groups is 1. The number of hydrogen-bond donors (Lipinski definition) is 1. The van der Waals surface area contributed by atoms with Crippen LogP contribution in [-0.4, -0.2) is 28.6 Å². The van der Waals surface area contributed by atoms with Gasteiger partial charge in [0.1, 0.15) is 0 Å². The van der Waals surface area contributed by atoms with Crippen LogP contribution in [0.2, 0.25) is 0 Å². The Hall–Kier alpha value is -1.36. The molecule has 1 aromatic rings. The van der Waals surface area contributed by atoms with E-state index in [2.05, 4.69) is 4.99 Å². The van der Waals surface area contributed by atoms with Gasteiger partial charge in [-0.15, -0.1) is 0 Å². The predicted octanol–water partition coefficient (Wildman–Crippen LogP) is 3.59. The molecule has 0 aliphatic carbocycles. The molecule has 0 heterocycles. The first kappa shape index (κ1) is 15.7. The van der Waals surface area contributed by atoms with Gasteiger partial charge in [-0.2, -0.15) is 13.2 Å². The van der Waals surface area contributed by atoms with Gasteiger partial charge in [0.25, 0.3) is 0 Å². The van der Waals surface area contributed by atoms with Crippen molar-refractivity contribution in [2.45, 2.75) is 45.0 Å². The van der Waals surface area contributed by atoms with Gasteiger partial charge in [0.15, 0.2) is 5.60 Å². The van der Waals surface area contributed by atoms with E-state index >= 15 is 0 Å². The number of rotatable bonds is 4. The van der Waals surface area contributed by atoms with Crippen molar-refractivity contribution in [3.05, 3.63) is 35.9 Å². The van der Waals surface area contributed by atoms with Gasteiger partial charge >= 0.3 is 6.18 Å². The van der Waals surface area contributed by atoms with Gasteiger partial charge in [-0.05, 0) is 26.3 Å². The van der Waals surface area contributed by atoms with Crippen molar-refractivity contribution < 1.29 is 18.3 Å². The van der Waals surface area contributed by atoms with Gasteiger partial charge in [0, 0.05) is 18.2 Å². The molecule has 0 amide bonds. The van der Waals surface area contributed by atoms with Gasteiger partial charge in [-0.3, -0.25) is 4.99 Å². The highest BCUT2D eigenvalue weighted by atomic mass is 19.4. The highest BCUT2D eigenvalue weighted by molar-refractivity contribution is 6.01. The molecule has 0 saturated carbocycles. The van der Waals surface area contributed by atoms with Crippen LogP contribution in [0, 0.1) is 0 Å². The second kappa shape index (κ2) is 5.74. The van der Waals surface area contributed by atoms with E-state index in [1.54, 1.807) is 44.2 Å². The fraction of sp³-hybridized carbons (Fsp3) is 0.500. The Labute approximate surface area is 111 Å². The van der Waals surface area contributed by atoms with E-state index in [1.807, 2.05) is 0 Å². The molecule has 106 valence electrons. The first-order valence-corrected chi connectivity index (χ1v) is 6.04. The third-order valence-corrected chi connectivity index (χ3v) is 2.64. The normalized spacial score (nSPS) is 16.5. The van der Waals surface area contributed by atoms with Crippen LogP contribution in [0.4, 0.5) is 13.2 Å². The highest BCUT2D eigenvalue weighted by Gasteiger charge is 2.50. The van der Waals surface area contributed by atoms with Gasteiger partial charge in [-0.1, -0.05) is 30.3 Å². The Balaban J connectivity index is 3.09. The van der Waals surface area contributed by atoms with Crippen molar-refractivity contribution in [1.29, 1.82) is 0 Å². The molecule has 0 spiro atoms. The van der Waals surface area contributed by atoms with Crippen molar-refractivity contribution in [1.82, 2.24) is 0 Å². The summed E-state index contributed by atoms with van der Waals surface area (Å²) in [6.45, 7) is 4.34. The first-order chi connectivity index (χ1) is 8.63. The van der Waals surface area contributed by atoms with E-state index in [9.17, 15) is 18.3 Å². The minimum absolute atomic E-state index is 0.140. The Morgan fingerprint density at radius 2 is 1.74 bits per heavy atom. The molecule has 0 aliphatic heterocycles. The summed E-state index contributed by atoms with van der Waals surface area (Å²) in [5.41, 5.74) is -1.92. The van der Waals surface area contributed by atoms with E-state index < -0.39 is 18.2 Å². The van der Waals surface area contributed by atoms with Gasteiger partial charge in [0.05, 0.1) is 0 Å². The van der Waals surface area contributed by atoms with Crippen molar-refractivity contribution in [3.63, 3.8) is 0 Å². The second-order valence-corrected chi connectivity index (χ2v) is 4.98. The third kappa shape index (κ3) is 4.35. The average molecular weight is 273 g/mol. The smallest absolute Gasteiger partial charge is 0.380 e. The molecule has 5 heteroatoms. The van der Waals surface area contributed by atoms with Crippen molar-refractivity contribution >= 4 is 5.71 Å². The summed E-state index contributed by atoms with van der Waals surface area (Å²) in [5.74, 6) is 0. The van der Waals surface area contributed by atoms with E-state index in [4.69, 9.17) is 0 Å². The molecule has 1 N–H and O–H groups in total. The highest BCUT2D eigenvalue weighted by Crippen LogP contribution is 2.33. The molecule has 0 aromatic heterocycles. The van der Waals surface area contributed by atoms with E-state index in [1.165, 1.54) is 0 Å². The maximum absolute atomic E-state index is 12.7. The van der Waals surface area contributed by atoms with Gasteiger partial charge in [0.2, 0.25) is 0 Å². The maximum atomic E-state index is 12.7. The monoisotopic (exact) mass is 273 g/mol. The lowest BCUT2D eigenvalue weighted by Crippen LogP contribution is -2.44. The first-order valence-electron chi connectivity index (χ1n) is 6.04. The molecule has 2 nitrogen and oxygen atoms in total. The summed E-state index contributed by atoms with van der Waals surface area (Å²) in [7, 11) is 0. The molecule has 0 bridgehead atoms. The molecular formula is C14H18F3NO. The molecule has 0 fully saturated rings. The largest absolute Gasteiger partial charge is 0.417 e. The zero-order chi connectivity index (χ0) is 14.7. The summed E-state index contributed by atoms with van der Waals surface area (Å²) >= 11 is 0. The SMILES string of the molecule is CC(C)N=C(CC(C)(O)C(F)(F)F)c1ccccc1. The lowest BCUT2D eigenvalue weighted by molar-refractivity contribution is -0.249. The quantitative estimate of drug-likeness (QED) is 0.835. The predicted molar refractivity (Wildman–Crippen MR) is 69.4 cm³/mol. The van der Waals surface area contributed by atoms with Crippen LogP contribution in [0.5, 0.6) is 0 Å². The Morgan fingerprint density at radius 1 is 1.21 bits per heavy atom. The van der Waals surface area contributed by atoms with Crippen LogP contribution in [-0.2, 0) is 0 Å². The van der Waals surface area contributed by atoms with Crippen LogP contribution >= 0.6 is 0 Å². The third-order valence-electron chi connectivity index (χ3n) is 2.64. The summed E-state index contributed by atoms with van der Waals surface area (Å²) < 4.78 is 38.2. The fourth-order valence-electron chi connectivity index (χ4n) is 1.59. The van der Waals surface area contributed by atoms with Crippen LogP contribution in [0.25, 0.3) is 0 Å². The number of halogens is 3. The van der Waals surface area contributed by atoms with E-state index in [0.717, 1.165) is 6.92 Å². The van der Waals surface area contributed by atoms with Crippen LogP contribution < -0.4 is 0 Å². The minimum Gasteiger partial charge on any atom is -0.380 e. The molecule has 1 atom stereocenters. The maximum Gasteiger partial charge on any atom is 0.417 e. The van der Waals surface area contributed by atoms with Gasteiger partial charge < -0.3 is 5.11 Å². The fourth-order valence-corrected chi connectivity index (χ4v) is 1.59. The molecular weight excluding hydrogens is 255 g/mol. The topological polar surface area (TPSA) is 32.6 Å². The van der Waals surface area contributed by atoms with Gasteiger partial charge in [-0.25, -0.2) is 0 Å². The number of benzene rings is 1. The number of alkyl halides is 3. The van der Waals surface area contributed by atoms with Crippen molar-refractivity contribution in [2.75, 3.05) is 0 Å². The van der Waals surface area contributed by atoms with Crippen LogP contribution in [0.1, 0.15) is 32.8 Å². The Kier molecular flexibility index (Phi) is 4.74. The molecule has 1 rings (SSSR count). The molecule has 1 unspecified atom stereocenters. The van der Waals surface area contributed by atoms with Crippen molar-refractivity contribution in [3.8, 4) is 0 Å². The zero-order valence-electron chi connectivity index (χ0n) is 11.2. The molecule has 19 heavy (non-hydrogen) atoms.